The Hall–Kier alpha value is -0.275. The molecule has 1 N–H and O–H groups in total. The van der Waals surface area contributed by atoms with E-state index in [0.717, 1.165) is 12.0 Å². The molecule has 0 spiro atoms. The van der Waals surface area contributed by atoms with Crippen LogP contribution in [0.1, 0.15) is 13.3 Å². The summed E-state index contributed by atoms with van der Waals surface area (Å²) < 4.78 is 5.39. The van der Waals surface area contributed by atoms with Crippen LogP contribution in [0.2, 0.25) is 0 Å². The normalized spacial score (nSPS) is 40.6. The Morgan fingerprint density at radius 3 is 2.60 bits per heavy atom. The summed E-state index contributed by atoms with van der Waals surface area (Å²) in [5.41, 5.74) is 0.829. The van der Waals surface area contributed by atoms with Gasteiger partial charge in [-0.1, -0.05) is 13.5 Å². The van der Waals surface area contributed by atoms with Gasteiger partial charge in [0.15, 0.2) is 0 Å². The van der Waals surface area contributed by atoms with Crippen molar-refractivity contribution in [2.45, 2.75) is 31.6 Å². The zero-order chi connectivity index (χ0) is 7.72. The van der Waals surface area contributed by atoms with E-state index in [4.69, 9.17) is 4.74 Å². The number of rotatable bonds is 1. The van der Waals surface area contributed by atoms with Crippen molar-refractivity contribution in [1.82, 2.24) is 0 Å². The first kappa shape index (κ1) is 7.83. The van der Waals surface area contributed by atoms with Crippen molar-refractivity contribution in [2.24, 2.45) is 0 Å². The van der Waals surface area contributed by atoms with Gasteiger partial charge in [0.05, 0.1) is 18.2 Å². The van der Waals surface area contributed by atoms with Crippen LogP contribution in [0.3, 0.4) is 0 Å². The standard InChI is InChI=1S/C7H13BO2/c1-3-5-4(2)6(9)7(8)10-5/h5-7,9H,2-3,8H2,1H3/t5-,6+,7-/m0/s1. The second-order valence-corrected chi connectivity index (χ2v) is 2.76. The van der Waals surface area contributed by atoms with Crippen LogP contribution in [0.15, 0.2) is 12.2 Å². The van der Waals surface area contributed by atoms with Crippen molar-refractivity contribution in [3.8, 4) is 0 Å². The Balaban J connectivity index is 2.62. The van der Waals surface area contributed by atoms with Crippen LogP contribution < -0.4 is 0 Å². The van der Waals surface area contributed by atoms with Crippen LogP contribution in [0.25, 0.3) is 0 Å². The maximum Gasteiger partial charge on any atom is 0.143 e. The number of hydrogen-bond donors (Lipinski definition) is 1. The second kappa shape index (κ2) is 2.76. The van der Waals surface area contributed by atoms with Crippen LogP contribution in [-0.2, 0) is 4.74 Å². The molecule has 0 saturated carbocycles. The first-order valence-corrected chi connectivity index (χ1v) is 3.69. The average molecular weight is 140 g/mol. The lowest BCUT2D eigenvalue weighted by Gasteiger charge is -2.06. The Kier molecular flexibility index (Phi) is 2.16. The second-order valence-electron chi connectivity index (χ2n) is 2.76. The van der Waals surface area contributed by atoms with Crippen molar-refractivity contribution in [1.29, 1.82) is 0 Å². The molecule has 1 rings (SSSR count). The molecule has 1 aliphatic heterocycles. The summed E-state index contributed by atoms with van der Waals surface area (Å²) in [6.45, 7) is 5.79. The van der Waals surface area contributed by atoms with Crippen LogP contribution in [-0.4, -0.2) is 31.2 Å². The van der Waals surface area contributed by atoms with E-state index in [0.29, 0.717) is 0 Å². The van der Waals surface area contributed by atoms with Gasteiger partial charge in [-0.15, -0.1) is 0 Å². The van der Waals surface area contributed by atoms with E-state index in [9.17, 15) is 5.11 Å². The molecule has 0 bridgehead atoms. The van der Waals surface area contributed by atoms with Crippen molar-refractivity contribution >= 4 is 7.85 Å². The fourth-order valence-electron chi connectivity index (χ4n) is 1.27. The molecule has 0 aliphatic carbocycles. The predicted octanol–water partition coefficient (Wildman–Crippen LogP) is -0.329. The van der Waals surface area contributed by atoms with Crippen LogP contribution in [0, 0.1) is 0 Å². The highest BCUT2D eigenvalue weighted by molar-refractivity contribution is 6.12. The van der Waals surface area contributed by atoms with E-state index in [1.165, 1.54) is 0 Å². The Bertz CT molecular complexity index is 147. The predicted molar refractivity (Wildman–Crippen MR) is 42.6 cm³/mol. The van der Waals surface area contributed by atoms with Crippen molar-refractivity contribution in [2.75, 3.05) is 0 Å². The van der Waals surface area contributed by atoms with Gasteiger partial charge in [-0.3, -0.25) is 0 Å². The van der Waals surface area contributed by atoms with Gasteiger partial charge >= 0.3 is 0 Å². The molecule has 0 aromatic rings. The van der Waals surface area contributed by atoms with Gasteiger partial charge in [0.1, 0.15) is 7.85 Å². The number of aliphatic hydroxyl groups excluding tert-OH is 1. The number of hydrogen-bond acceptors (Lipinski definition) is 2. The molecule has 0 aromatic heterocycles. The molecule has 0 amide bonds. The summed E-state index contributed by atoms with van der Waals surface area (Å²) in [6.07, 6.45) is 0.523. The van der Waals surface area contributed by atoms with E-state index in [-0.39, 0.29) is 12.1 Å². The fourth-order valence-corrected chi connectivity index (χ4v) is 1.27. The highest BCUT2D eigenvalue weighted by Gasteiger charge is 2.32. The van der Waals surface area contributed by atoms with Crippen LogP contribution in [0.4, 0.5) is 0 Å². The summed E-state index contributed by atoms with van der Waals surface area (Å²) in [6, 6.07) is -0.0718. The molecule has 0 aromatic carbocycles. The lowest BCUT2D eigenvalue weighted by molar-refractivity contribution is 0.0593. The maximum atomic E-state index is 9.34. The molecule has 1 aliphatic rings. The van der Waals surface area contributed by atoms with Gasteiger partial charge in [-0.25, -0.2) is 0 Å². The molecular weight excluding hydrogens is 127 g/mol. The highest BCUT2D eigenvalue weighted by Crippen LogP contribution is 2.24. The molecular formula is C7H13BO2. The van der Waals surface area contributed by atoms with Gasteiger partial charge in [0.2, 0.25) is 0 Å². The molecule has 0 radical (unpaired) electrons. The van der Waals surface area contributed by atoms with E-state index in [2.05, 4.69) is 6.58 Å². The van der Waals surface area contributed by atoms with Gasteiger partial charge in [0.25, 0.3) is 0 Å². The van der Waals surface area contributed by atoms with Crippen LogP contribution >= 0.6 is 0 Å². The third kappa shape index (κ3) is 1.11. The molecule has 1 saturated heterocycles. The smallest absolute Gasteiger partial charge is 0.143 e. The Morgan fingerprint density at radius 2 is 2.40 bits per heavy atom. The molecule has 56 valence electrons. The van der Waals surface area contributed by atoms with E-state index in [1.807, 2.05) is 14.8 Å². The average Bonchev–Trinajstić information content (AvgIpc) is 2.17. The third-order valence-corrected chi connectivity index (χ3v) is 1.99. The van der Waals surface area contributed by atoms with Crippen molar-refractivity contribution in [3.63, 3.8) is 0 Å². The van der Waals surface area contributed by atoms with E-state index in [1.54, 1.807) is 0 Å². The maximum absolute atomic E-state index is 9.34. The van der Waals surface area contributed by atoms with Crippen LogP contribution in [0.5, 0.6) is 0 Å². The zero-order valence-electron chi connectivity index (χ0n) is 6.50. The molecule has 1 fully saturated rings. The molecule has 3 atom stereocenters. The van der Waals surface area contributed by atoms with Crippen molar-refractivity contribution < 1.29 is 9.84 Å². The SMILES string of the molecule is B[C@H]1O[C@@H](CC)C(=C)[C@H]1O. The number of aliphatic hydroxyl groups is 1. The first-order chi connectivity index (χ1) is 4.66. The summed E-state index contributed by atoms with van der Waals surface area (Å²) in [5.74, 6) is 0. The summed E-state index contributed by atoms with van der Waals surface area (Å²) >= 11 is 0. The topological polar surface area (TPSA) is 29.5 Å². The first-order valence-electron chi connectivity index (χ1n) is 3.69. The lowest BCUT2D eigenvalue weighted by atomic mass is 9.92. The summed E-state index contributed by atoms with van der Waals surface area (Å²) in [5, 5.41) is 9.34. The highest BCUT2D eigenvalue weighted by atomic mass is 16.5. The largest absolute Gasteiger partial charge is 0.387 e. The Labute approximate surface area is 62.3 Å². The third-order valence-electron chi connectivity index (χ3n) is 1.99. The molecule has 2 nitrogen and oxygen atoms in total. The molecule has 10 heavy (non-hydrogen) atoms. The van der Waals surface area contributed by atoms with Gasteiger partial charge in [0, 0.05) is 0 Å². The van der Waals surface area contributed by atoms with E-state index < -0.39 is 6.10 Å². The summed E-state index contributed by atoms with van der Waals surface area (Å²) in [4.78, 5) is 0. The zero-order valence-corrected chi connectivity index (χ0v) is 6.50. The van der Waals surface area contributed by atoms with Gasteiger partial charge in [-0.05, 0) is 12.0 Å². The van der Waals surface area contributed by atoms with Crippen molar-refractivity contribution in [3.05, 3.63) is 12.2 Å². The summed E-state index contributed by atoms with van der Waals surface area (Å²) in [7, 11) is 1.87. The minimum atomic E-state index is -0.454. The Morgan fingerprint density at radius 1 is 1.80 bits per heavy atom. The van der Waals surface area contributed by atoms with E-state index >= 15 is 0 Å². The van der Waals surface area contributed by atoms with Gasteiger partial charge < -0.3 is 9.84 Å². The lowest BCUT2D eigenvalue weighted by Crippen LogP contribution is -2.21. The molecule has 0 unspecified atom stereocenters. The van der Waals surface area contributed by atoms with Gasteiger partial charge in [-0.2, -0.15) is 0 Å². The minimum Gasteiger partial charge on any atom is -0.387 e. The monoisotopic (exact) mass is 140 g/mol. The molecule has 1 heterocycles. The fraction of sp³-hybridized carbons (Fsp3) is 0.714. The minimum absolute atomic E-state index is 0.0718. The quantitative estimate of drug-likeness (QED) is 0.399. The number of ether oxygens (including phenoxy) is 1. The molecule has 3 heteroatoms.